The monoisotopic (exact) mass is 482 g/mol. The number of thiophene rings is 2. The average molecular weight is 483 g/mol. The summed E-state index contributed by atoms with van der Waals surface area (Å²) in [6, 6.07) is 6.09. The lowest BCUT2D eigenvalue weighted by Crippen LogP contribution is -2.27. The lowest BCUT2D eigenvalue weighted by molar-refractivity contribution is -0.111. The second-order valence-corrected chi connectivity index (χ2v) is 9.71. The number of nitrogens with one attached hydrogen (secondary N) is 2. The molecule has 0 radical (unpaired) electrons. The summed E-state index contributed by atoms with van der Waals surface area (Å²) in [4.78, 5) is 26.4. The van der Waals surface area contributed by atoms with E-state index in [1.165, 1.54) is 17.4 Å². The molecule has 0 saturated carbocycles. The van der Waals surface area contributed by atoms with E-state index in [-0.39, 0.29) is 11.8 Å². The van der Waals surface area contributed by atoms with Crippen molar-refractivity contribution in [2.75, 3.05) is 11.9 Å². The summed E-state index contributed by atoms with van der Waals surface area (Å²) in [5.74, 6) is 0.553. The van der Waals surface area contributed by atoms with Crippen molar-refractivity contribution in [2.24, 2.45) is 5.92 Å². The third-order valence-electron chi connectivity index (χ3n) is 5.38. The number of hydrogen-bond donors (Lipinski definition) is 2. The summed E-state index contributed by atoms with van der Waals surface area (Å²) in [6.45, 7) is 2.37. The number of carbonyl (C=O) groups excluding carboxylic acids is 2. The minimum atomic E-state index is -0.490. The molecule has 0 bridgehead atoms. The van der Waals surface area contributed by atoms with Gasteiger partial charge in [-0.05, 0) is 55.2 Å². The van der Waals surface area contributed by atoms with E-state index >= 15 is 0 Å². The highest BCUT2D eigenvalue weighted by Crippen LogP contribution is 2.39. The third kappa shape index (κ3) is 5.69. The van der Waals surface area contributed by atoms with Gasteiger partial charge in [0.1, 0.15) is 16.8 Å². The van der Waals surface area contributed by atoms with E-state index in [1.54, 1.807) is 30.5 Å². The topological polar surface area (TPSA) is 117 Å². The van der Waals surface area contributed by atoms with Gasteiger partial charge in [-0.3, -0.25) is 4.79 Å². The number of ether oxygens (including phenoxy) is 1. The molecule has 1 unspecified atom stereocenters. The fraction of sp³-hybridized carbons (Fsp3) is 0.304. The lowest BCUT2D eigenvalue weighted by Gasteiger charge is -2.21. The van der Waals surface area contributed by atoms with Gasteiger partial charge in [-0.2, -0.15) is 5.26 Å². The first-order chi connectivity index (χ1) is 16.0. The van der Waals surface area contributed by atoms with Crippen LogP contribution in [0.1, 0.15) is 38.6 Å². The van der Waals surface area contributed by atoms with Crippen molar-refractivity contribution in [3.8, 4) is 6.07 Å². The van der Waals surface area contributed by atoms with E-state index in [9.17, 15) is 14.9 Å². The van der Waals surface area contributed by atoms with Crippen molar-refractivity contribution in [3.63, 3.8) is 0 Å². The second kappa shape index (κ2) is 10.5. The Balaban J connectivity index is 1.31. The van der Waals surface area contributed by atoms with Crippen LogP contribution in [0.2, 0.25) is 0 Å². The Morgan fingerprint density at radius 1 is 1.45 bits per heavy atom. The van der Waals surface area contributed by atoms with Crippen LogP contribution in [0.25, 0.3) is 6.08 Å². The molecule has 0 aliphatic heterocycles. The zero-order valence-electron chi connectivity index (χ0n) is 17.9. The van der Waals surface area contributed by atoms with E-state index < -0.39 is 6.09 Å². The smallest absolute Gasteiger partial charge is 0.407 e. The standard InChI is InChI=1S/C23H22N4O4S2/c1-14-16(12-26-31-14)11-25-23(29)30-13-15-4-6-18-19(10-24)22(33-20(18)9-15)27-21(28)7-5-17-3-2-8-32-17/h2-3,5,7-8,12,15H,4,6,9,11,13H2,1H3,(H,25,29)(H,27,28). The van der Waals surface area contributed by atoms with Crippen LogP contribution in [0, 0.1) is 24.2 Å². The first kappa shape index (κ1) is 22.8. The molecule has 10 heteroatoms. The van der Waals surface area contributed by atoms with Crippen molar-refractivity contribution >= 4 is 45.8 Å². The molecule has 0 aromatic carbocycles. The van der Waals surface area contributed by atoms with Crippen molar-refractivity contribution in [1.82, 2.24) is 10.5 Å². The van der Waals surface area contributed by atoms with Crippen molar-refractivity contribution in [3.05, 3.63) is 62.0 Å². The molecular formula is C23H22N4O4S2. The van der Waals surface area contributed by atoms with Crippen molar-refractivity contribution < 1.29 is 18.8 Å². The summed E-state index contributed by atoms with van der Waals surface area (Å²) in [6.07, 6.45) is 6.53. The SMILES string of the molecule is Cc1oncc1CNC(=O)OCC1CCc2c(sc(NC(=O)C=Cc3cccs3)c2C#N)C1. The van der Waals surface area contributed by atoms with Gasteiger partial charge in [-0.25, -0.2) is 4.79 Å². The van der Waals surface area contributed by atoms with Crippen LogP contribution < -0.4 is 10.6 Å². The highest BCUT2D eigenvalue weighted by Gasteiger charge is 2.27. The van der Waals surface area contributed by atoms with Crippen LogP contribution in [-0.2, 0) is 28.9 Å². The molecule has 0 fully saturated rings. The normalized spacial score (nSPS) is 15.1. The van der Waals surface area contributed by atoms with Crippen LogP contribution in [0.3, 0.4) is 0 Å². The molecule has 1 atom stereocenters. The zero-order valence-corrected chi connectivity index (χ0v) is 19.6. The van der Waals surface area contributed by atoms with Crippen molar-refractivity contribution in [1.29, 1.82) is 5.26 Å². The minimum absolute atomic E-state index is 0.160. The third-order valence-corrected chi connectivity index (χ3v) is 7.39. The Morgan fingerprint density at radius 3 is 3.06 bits per heavy atom. The van der Waals surface area contributed by atoms with E-state index in [0.717, 1.165) is 27.3 Å². The van der Waals surface area contributed by atoms with Gasteiger partial charge in [0.25, 0.3) is 0 Å². The molecule has 170 valence electrons. The number of aryl methyl sites for hydroxylation is 1. The Kier molecular flexibility index (Phi) is 7.22. The van der Waals surface area contributed by atoms with Gasteiger partial charge in [0.15, 0.2) is 0 Å². The predicted molar refractivity (Wildman–Crippen MR) is 126 cm³/mol. The summed E-state index contributed by atoms with van der Waals surface area (Å²) in [7, 11) is 0. The molecule has 3 heterocycles. The molecule has 0 saturated heterocycles. The maximum absolute atomic E-state index is 12.3. The highest BCUT2D eigenvalue weighted by molar-refractivity contribution is 7.16. The number of anilines is 1. The molecule has 3 aromatic heterocycles. The number of fused-ring (bicyclic) bond motifs is 1. The van der Waals surface area contributed by atoms with E-state index in [2.05, 4.69) is 21.9 Å². The quantitative estimate of drug-likeness (QED) is 0.473. The molecule has 1 aliphatic carbocycles. The van der Waals surface area contributed by atoms with Crippen molar-refractivity contribution in [2.45, 2.75) is 32.7 Å². The molecule has 8 nitrogen and oxygen atoms in total. The molecule has 1 aliphatic rings. The number of carbonyl (C=O) groups is 2. The van der Waals surface area contributed by atoms with Gasteiger partial charge < -0.3 is 19.9 Å². The molecule has 33 heavy (non-hydrogen) atoms. The second-order valence-electron chi connectivity index (χ2n) is 7.63. The molecule has 2 amide bonds. The van der Waals surface area contributed by atoms with E-state index in [4.69, 9.17) is 9.26 Å². The van der Waals surface area contributed by atoms with Gasteiger partial charge >= 0.3 is 6.09 Å². The number of amides is 2. The number of alkyl carbamates (subject to hydrolysis) is 1. The summed E-state index contributed by atoms with van der Waals surface area (Å²) >= 11 is 2.97. The largest absolute Gasteiger partial charge is 0.449 e. The number of nitriles is 1. The fourth-order valence-corrected chi connectivity index (χ4v) is 5.53. The van der Waals surface area contributed by atoms with Gasteiger partial charge in [-0.1, -0.05) is 11.2 Å². The van der Waals surface area contributed by atoms with Gasteiger partial charge in [0.05, 0.1) is 24.9 Å². The number of rotatable bonds is 7. The fourth-order valence-electron chi connectivity index (χ4n) is 3.60. The number of aromatic nitrogens is 1. The van der Waals surface area contributed by atoms with Crippen LogP contribution in [0.4, 0.5) is 9.80 Å². The Morgan fingerprint density at radius 2 is 2.33 bits per heavy atom. The summed E-state index contributed by atoms with van der Waals surface area (Å²) in [5.41, 5.74) is 2.33. The van der Waals surface area contributed by atoms with E-state index in [1.807, 2.05) is 17.5 Å². The predicted octanol–water partition coefficient (Wildman–Crippen LogP) is 4.66. The minimum Gasteiger partial charge on any atom is -0.449 e. The Labute approximate surface area is 198 Å². The van der Waals surface area contributed by atoms with Gasteiger partial charge in [-0.15, -0.1) is 22.7 Å². The van der Waals surface area contributed by atoms with E-state index in [0.29, 0.717) is 42.3 Å². The Hall–Kier alpha value is -3.42. The first-order valence-electron chi connectivity index (χ1n) is 10.4. The van der Waals surface area contributed by atoms with Gasteiger partial charge in [0, 0.05) is 21.4 Å². The summed E-state index contributed by atoms with van der Waals surface area (Å²) in [5, 5.41) is 21.4. The average Bonchev–Trinajstić information content (AvgIpc) is 3.54. The number of hydrogen-bond acceptors (Lipinski definition) is 8. The first-order valence-corrected chi connectivity index (χ1v) is 12.1. The zero-order chi connectivity index (χ0) is 23.2. The van der Waals surface area contributed by atoms with Crippen LogP contribution in [0.5, 0.6) is 0 Å². The number of nitrogens with zero attached hydrogens (tertiary/aromatic N) is 2. The maximum Gasteiger partial charge on any atom is 0.407 e. The Bertz CT molecular complexity index is 1200. The molecule has 0 spiro atoms. The molecule has 2 N–H and O–H groups in total. The molecular weight excluding hydrogens is 460 g/mol. The van der Waals surface area contributed by atoms with Crippen LogP contribution in [0.15, 0.2) is 34.3 Å². The molecule has 3 aromatic rings. The molecule has 4 rings (SSSR count). The highest BCUT2D eigenvalue weighted by atomic mass is 32.1. The lowest BCUT2D eigenvalue weighted by atomic mass is 9.88. The van der Waals surface area contributed by atoms with Crippen LogP contribution >= 0.6 is 22.7 Å². The van der Waals surface area contributed by atoms with Crippen LogP contribution in [-0.4, -0.2) is 23.8 Å². The van der Waals surface area contributed by atoms with Gasteiger partial charge in [0.2, 0.25) is 5.91 Å². The maximum atomic E-state index is 12.3. The summed E-state index contributed by atoms with van der Waals surface area (Å²) < 4.78 is 10.4.